The number of thiocarbonyl (C=S) groups is 1. The van der Waals surface area contributed by atoms with Gasteiger partial charge in [0, 0.05) is 21.3 Å². The number of ether oxygens (including phenoxy) is 1. The van der Waals surface area contributed by atoms with Crippen molar-refractivity contribution in [3.05, 3.63) is 93.8 Å². The van der Waals surface area contributed by atoms with E-state index in [1.807, 2.05) is 49.4 Å². The van der Waals surface area contributed by atoms with Crippen molar-refractivity contribution in [1.29, 1.82) is 0 Å². The Bertz CT molecular complexity index is 1410. The fraction of sp³-hybridized carbons (Fsp3) is 0.115. The van der Waals surface area contributed by atoms with Crippen LogP contribution in [0, 0.1) is 0 Å². The van der Waals surface area contributed by atoms with Crippen LogP contribution in [0.2, 0.25) is 5.02 Å². The van der Waals surface area contributed by atoms with E-state index in [1.54, 1.807) is 37.4 Å². The highest BCUT2D eigenvalue weighted by molar-refractivity contribution is 7.80. The zero-order chi connectivity index (χ0) is 24.9. The van der Waals surface area contributed by atoms with Gasteiger partial charge in [-0.2, -0.15) is 0 Å². The zero-order valence-electron chi connectivity index (χ0n) is 18.9. The molecule has 0 saturated heterocycles. The minimum absolute atomic E-state index is 0.0938. The number of hydrogen-bond donors (Lipinski definition) is 3. The largest absolute Gasteiger partial charge is 0.497 e. The van der Waals surface area contributed by atoms with E-state index in [9.17, 15) is 9.59 Å². The van der Waals surface area contributed by atoms with Gasteiger partial charge in [-0.15, -0.1) is 11.3 Å². The first kappa shape index (κ1) is 24.7. The Labute approximate surface area is 217 Å². The van der Waals surface area contributed by atoms with E-state index in [0.717, 1.165) is 15.6 Å². The standard InChI is InChI=1S/C26H22ClN3O3S2/c1-15(16-7-4-3-5-8-16)28-24(31)17-9-6-10-18(13-17)29-26(34)30-25(32)23-22(27)20-12-11-19(33-2)14-21(20)35-23/h3-15H,1-2H3,(H,28,31)(H2,29,30,32,34). The number of thiophene rings is 1. The molecular formula is C26H22ClN3O3S2. The first-order valence-corrected chi connectivity index (χ1v) is 12.3. The van der Waals surface area contributed by atoms with Crippen LogP contribution in [-0.2, 0) is 0 Å². The fourth-order valence-electron chi connectivity index (χ4n) is 3.48. The second-order valence-corrected chi connectivity index (χ2v) is 9.54. The minimum atomic E-state index is -0.418. The molecule has 3 aromatic carbocycles. The number of carbonyl (C=O) groups is 2. The van der Waals surface area contributed by atoms with Crippen LogP contribution in [0.4, 0.5) is 5.69 Å². The minimum Gasteiger partial charge on any atom is -0.497 e. The smallest absolute Gasteiger partial charge is 0.269 e. The average molecular weight is 524 g/mol. The van der Waals surface area contributed by atoms with Crippen LogP contribution in [-0.4, -0.2) is 24.0 Å². The molecule has 6 nitrogen and oxygen atoms in total. The highest BCUT2D eigenvalue weighted by atomic mass is 35.5. The number of halogens is 1. The van der Waals surface area contributed by atoms with E-state index in [2.05, 4.69) is 16.0 Å². The van der Waals surface area contributed by atoms with Gasteiger partial charge in [-0.25, -0.2) is 0 Å². The Morgan fingerprint density at radius 2 is 1.77 bits per heavy atom. The third-order valence-corrected chi connectivity index (χ3v) is 7.16. The number of methoxy groups -OCH3 is 1. The first-order valence-electron chi connectivity index (χ1n) is 10.7. The summed E-state index contributed by atoms with van der Waals surface area (Å²) in [4.78, 5) is 25.9. The number of amides is 2. The van der Waals surface area contributed by atoms with Gasteiger partial charge in [0.2, 0.25) is 0 Å². The number of benzene rings is 3. The Balaban J connectivity index is 1.41. The molecule has 4 rings (SSSR count). The molecule has 1 atom stereocenters. The van der Waals surface area contributed by atoms with Crippen LogP contribution in [0.1, 0.15) is 38.6 Å². The lowest BCUT2D eigenvalue weighted by Gasteiger charge is -2.15. The van der Waals surface area contributed by atoms with Crippen LogP contribution in [0.15, 0.2) is 72.8 Å². The molecule has 0 saturated carbocycles. The van der Waals surface area contributed by atoms with Crippen LogP contribution in [0.5, 0.6) is 5.75 Å². The van der Waals surface area contributed by atoms with Gasteiger partial charge < -0.3 is 15.4 Å². The molecule has 0 fully saturated rings. The van der Waals surface area contributed by atoms with Gasteiger partial charge in [0.15, 0.2) is 5.11 Å². The summed E-state index contributed by atoms with van der Waals surface area (Å²) in [7, 11) is 1.58. The molecule has 2 amide bonds. The summed E-state index contributed by atoms with van der Waals surface area (Å²) >= 11 is 13.0. The molecule has 0 aliphatic carbocycles. The highest BCUT2D eigenvalue weighted by Gasteiger charge is 2.19. The molecule has 1 unspecified atom stereocenters. The predicted octanol–water partition coefficient (Wildman–Crippen LogP) is 6.18. The Morgan fingerprint density at radius 3 is 2.51 bits per heavy atom. The van der Waals surface area contributed by atoms with Crippen molar-refractivity contribution in [2.24, 2.45) is 0 Å². The summed E-state index contributed by atoms with van der Waals surface area (Å²) in [6, 6.07) is 21.9. The van der Waals surface area contributed by atoms with Crippen molar-refractivity contribution in [3.63, 3.8) is 0 Å². The molecule has 3 N–H and O–H groups in total. The van der Waals surface area contributed by atoms with Crippen molar-refractivity contribution >= 4 is 67.9 Å². The molecule has 1 aromatic heterocycles. The Morgan fingerprint density at radius 1 is 1.00 bits per heavy atom. The second kappa shape index (κ2) is 10.9. The summed E-state index contributed by atoms with van der Waals surface area (Å²) in [5.41, 5.74) is 2.05. The number of anilines is 1. The van der Waals surface area contributed by atoms with Gasteiger partial charge in [-0.3, -0.25) is 14.9 Å². The molecule has 1 heterocycles. The van der Waals surface area contributed by atoms with Crippen molar-refractivity contribution < 1.29 is 14.3 Å². The first-order chi connectivity index (χ1) is 16.9. The monoisotopic (exact) mass is 523 g/mol. The second-order valence-electron chi connectivity index (χ2n) is 7.70. The molecule has 0 aliphatic heterocycles. The van der Waals surface area contributed by atoms with Gasteiger partial charge in [0.25, 0.3) is 11.8 Å². The summed E-state index contributed by atoms with van der Waals surface area (Å²) < 4.78 is 6.07. The normalized spacial score (nSPS) is 11.5. The van der Waals surface area contributed by atoms with Gasteiger partial charge in [-0.1, -0.05) is 48.0 Å². The summed E-state index contributed by atoms with van der Waals surface area (Å²) in [5, 5.41) is 9.81. The number of hydrogen-bond acceptors (Lipinski definition) is 5. The van der Waals surface area contributed by atoms with Gasteiger partial charge in [0.05, 0.1) is 18.2 Å². The van der Waals surface area contributed by atoms with Gasteiger partial charge in [-0.05, 0) is 61.1 Å². The number of nitrogens with one attached hydrogen (secondary N) is 3. The number of carbonyl (C=O) groups excluding carboxylic acids is 2. The molecule has 9 heteroatoms. The lowest BCUT2D eigenvalue weighted by atomic mass is 10.1. The number of rotatable bonds is 6. The van der Waals surface area contributed by atoms with E-state index >= 15 is 0 Å². The fourth-order valence-corrected chi connectivity index (χ4v) is 5.14. The molecule has 0 aliphatic rings. The zero-order valence-corrected chi connectivity index (χ0v) is 21.3. The van der Waals surface area contributed by atoms with E-state index in [4.69, 9.17) is 28.6 Å². The van der Waals surface area contributed by atoms with Crippen molar-refractivity contribution in [2.75, 3.05) is 12.4 Å². The molecule has 0 bridgehead atoms. The SMILES string of the molecule is COc1ccc2c(Cl)c(C(=O)NC(=S)Nc3cccc(C(=O)NC(C)c4ccccc4)c3)sc2c1. The molecular weight excluding hydrogens is 502 g/mol. The van der Waals surface area contributed by atoms with Crippen LogP contribution >= 0.6 is 35.2 Å². The molecule has 4 aromatic rings. The Hall–Kier alpha value is -3.46. The lowest BCUT2D eigenvalue weighted by molar-refractivity contribution is 0.0938. The Kier molecular flexibility index (Phi) is 7.65. The lowest BCUT2D eigenvalue weighted by Crippen LogP contribution is -2.34. The third kappa shape index (κ3) is 5.79. The van der Waals surface area contributed by atoms with Crippen LogP contribution in [0.25, 0.3) is 10.1 Å². The van der Waals surface area contributed by atoms with Gasteiger partial charge in [0.1, 0.15) is 10.6 Å². The van der Waals surface area contributed by atoms with E-state index in [1.165, 1.54) is 11.3 Å². The third-order valence-electron chi connectivity index (χ3n) is 5.30. The maximum atomic E-state index is 12.8. The van der Waals surface area contributed by atoms with E-state index in [0.29, 0.717) is 26.9 Å². The topological polar surface area (TPSA) is 79.5 Å². The van der Waals surface area contributed by atoms with Crippen LogP contribution < -0.4 is 20.7 Å². The summed E-state index contributed by atoms with van der Waals surface area (Å²) in [5.74, 6) is 0.0485. The average Bonchev–Trinajstić information content (AvgIpc) is 3.20. The quantitative estimate of drug-likeness (QED) is 0.263. The van der Waals surface area contributed by atoms with Crippen molar-refractivity contribution in [3.8, 4) is 5.75 Å². The van der Waals surface area contributed by atoms with E-state index < -0.39 is 5.91 Å². The summed E-state index contributed by atoms with van der Waals surface area (Å²) in [6.07, 6.45) is 0. The molecule has 0 spiro atoms. The van der Waals surface area contributed by atoms with Gasteiger partial charge >= 0.3 is 0 Å². The molecule has 178 valence electrons. The van der Waals surface area contributed by atoms with Crippen molar-refractivity contribution in [1.82, 2.24) is 10.6 Å². The van der Waals surface area contributed by atoms with Crippen molar-refractivity contribution in [2.45, 2.75) is 13.0 Å². The maximum absolute atomic E-state index is 12.8. The van der Waals surface area contributed by atoms with E-state index in [-0.39, 0.29) is 17.1 Å². The summed E-state index contributed by atoms with van der Waals surface area (Å²) in [6.45, 7) is 1.93. The van der Waals surface area contributed by atoms with Crippen LogP contribution in [0.3, 0.4) is 0 Å². The highest BCUT2D eigenvalue weighted by Crippen LogP contribution is 2.37. The maximum Gasteiger partial charge on any atom is 0.269 e. The predicted molar refractivity (Wildman–Crippen MR) is 146 cm³/mol. The molecule has 35 heavy (non-hydrogen) atoms. The number of fused-ring (bicyclic) bond motifs is 1. The molecule has 0 radical (unpaired) electrons.